The standard InChI is InChI=1S/C11H8F3NS/c12-11(13,14)10-8(5-15)2-1-7-3-4-16-6-9(7)10/h1-2H,3-4,6H2. The summed E-state index contributed by atoms with van der Waals surface area (Å²) in [7, 11) is 0. The molecule has 1 nitrogen and oxygen atoms in total. The molecule has 0 atom stereocenters. The third kappa shape index (κ3) is 1.90. The van der Waals surface area contributed by atoms with E-state index < -0.39 is 11.7 Å². The van der Waals surface area contributed by atoms with Crippen molar-refractivity contribution in [1.82, 2.24) is 0 Å². The van der Waals surface area contributed by atoms with E-state index in [-0.39, 0.29) is 5.56 Å². The molecule has 0 aliphatic carbocycles. The van der Waals surface area contributed by atoms with E-state index >= 15 is 0 Å². The van der Waals surface area contributed by atoms with Crippen molar-refractivity contribution in [3.8, 4) is 6.07 Å². The van der Waals surface area contributed by atoms with Gasteiger partial charge in [0.1, 0.15) is 0 Å². The Bertz CT molecular complexity index is 460. The van der Waals surface area contributed by atoms with Crippen molar-refractivity contribution in [2.75, 3.05) is 5.75 Å². The van der Waals surface area contributed by atoms with Gasteiger partial charge in [0.05, 0.1) is 17.2 Å². The molecule has 1 aromatic carbocycles. The number of aryl methyl sites for hydroxylation is 1. The second-order valence-electron chi connectivity index (χ2n) is 3.54. The fraction of sp³-hybridized carbons (Fsp3) is 0.364. The lowest BCUT2D eigenvalue weighted by molar-refractivity contribution is -0.138. The van der Waals surface area contributed by atoms with Crippen molar-refractivity contribution in [3.05, 3.63) is 34.4 Å². The molecule has 84 valence electrons. The molecule has 1 aromatic rings. The lowest BCUT2D eigenvalue weighted by Gasteiger charge is -2.21. The Kier molecular flexibility index (Phi) is 2.85. The van der Waals surface area contributed by atoms with E-state index in [0.29, 0.717) is 17.7 Å². The van der Waals surface area contributed by atoms with Gasteiger partial charge in [-0.1, -0.05) is 6.07 Å². The highest BCUT2D eigenvalue weighted by atomic mass is 32.2. The average molecular weight is 243 g/mol. The fourth-order valence-corrected chi connectivity index (χ4v) is 2.91. The topological polar surface area (TPSA) is 23.8 Å². The van der Waals surface area contributed by atoms with Crippen molar-refractivity contribution < 1.29 is 13.2 Å². The third-order valence-electron chi connectivity index (χ3n) is 2.58. The van der Waals surface area contributed by atoms with Crippen LogP contribution in [0.4, 0.5) is 13.2 Å². The molecule has 16 heavy (non-hydrogen) atoms. The molecular formula is C11H8F3NS. The number of benzene rings is 1. The first-order chi connectivity index (χ1) is 7.54. The smallest absolute Gasteiger partial charge is 0.192 e. The molecule has 0 amide bonds. The highest BCUT2D eigenvalue weighted by molar-refractivity contribution is 7.98. The molecule has 0 radical (unpaired) electrons. The van der Waals surface area contributed by atoms with Gasteiger partial charge in [0.15, 0.2) is 0 Å². The summed E-state index contributed by atoms with van der Waals surface area (Å²) in [4.78, 5) is 0. The predicted molar refractivity (Wildman–Crippen MR) is 56.0 cm³/mol. The molecule has 0 unspecified atom stereocenters. The van der Waals surface area contributed by atoms with Crippen LogP contribution in [-0.2, 0) is 18.3 Å². The molecule has 0 fully saturated rings. The van der Waals surface area contributed by atoms with E-state index in [2.05, 4.69) is 0 Å². The zero-order valence-electron chi connectivity index (χ0n) is 8.27. The van der Waals surface area contributed by atoms with Gasteiger partial charge in [-0.05, 0) is 29.4 Å². The van der Waals surface area contributed by atoms with Crippen LogP contribution in [0.3, 0.4) is 0 Å². The van der Waals surface area contributed by atoms with Gasteiger partial charge in [-0.3, -0.25) is 0 Å². The van der Waals surface area contributed by atoms with Gasteiger partial charge in [0.2, 0.25) is 0 Å². The Morgan fingerprint density at radius 3 is 2.69 bits per heavy atom. The largest absolute Gasteiger partial charge is 0.417 e. The molecule has 0 saturated heterocycles. The van der Waals surface area contributed by atoms with Gasteiger partial charge in [0, 0.05) is 5.75 Å². The normalized spacial score (nSPS) is 15.4. The number of hydrogen-bond acceptors (Lipinski definition) is 2. The van der Waals surface area contributed by atoms with E-state index in [9.17, 15) is 13.2 Å². The van der Waals surface area contributed by atoms with E-state index in [1.165, 1.54) is 17.8 Å². The van der Waals surface area contributed by atoms with Crippen LogP contribution in [-0.4, -0.2) is 5.75 Å². The number of nitriles is 1. The Labute approximate surface area is 95.3 Å². The number of alkyl halides is 3. The van der Waals surface area contributed by atoms with Crippen LogP contribution in [0, 0.1) is 11.3 Å². The predicted octanol–water partition coefficient (Wildman–Crippen LogP) is 3.37. The molecule has 0 spiro atoms. The van der Waals surface area contributed by atoms with Gasteiger partial charge < -0.3 is 0 Å². The molecule has 0 bridgehead atoms. The van der Waals surface area contributed by atoms with Crippen LogP contribution in [0.5, 0.6) is 0 Å². The summed E-state index contributed by atoms with van der Waals surface area (Å²) in [5.41, 5.74) is 0.0151. The van der Waals surface area contributed by atoms with E-state index in [1.807, 2.05) is 0 Å². The van der Waals surface area contributed by atoms with Crippen molar-refractivity contribution in [2.24, 2.45) is 0 Å². The molecule has 0 saturated carbocycles. The van der Waals surface area contributed by atoms with Crippen LogP contribution in [0.25, 0.3) is 0 Å². The number of thioether (sulfide) groups is 1. The molecule has 0 N–H and O–H groups in total. The van der Waals surface area contributed by atoms with Crippen molar-refractivity contribution >= 4 is 11.8 Å². The minimum Gasteiger partial charge on any atom is -0.192 e. The molecule has 1 aliphatic rings. The quantitative estimate of drug-likeness (QED) is 0.697. The number of hydrogen-bond donors (Lipinski definition) is 0. The maximum absolute atomic E-state index is 12.9. The summed E-state index contributed by atoms with van der Waals surface area (Å²) in [6, 6.07) is 4.54. The summed E-state index contributed by atoms with van der Waals surface area (Å²) < 4.78 is 38.6. The monoisotopic (exact) mass is 243 g/mol. The van der Waals surface area contributed by atoms with E-state index in [1.54, 1.807) is 12.1 Å². The summed E-state index contributed by atoms with van der Waals surface area (Å²) in [6.07, 6.45) is -3.79. The van der Waals surface area contributed by atoms with Gasteiger partial charge in [-0.25, -0.2) is 0 Å². The molecule has 1 heterocycles. The maximum atomic E-state index is 12.9. The number of fused-ring (bicyclic) bond motifs is 1. The van der Waals surface area contributed by atoms with Crippen LogP contribution < -0.4 is 0 Å². The number of rotatable bonds is 0. The Morgan fingerprint density at radius 1 is 1.31 bits per heavy atom. The summed E-state index contributed by atoms with van der Waals surface area (Å²) in [6.45, 7) is 0. The third-order valence-corrected chi connectivity index (χ3v) is 3.56. The molecular weight excluding hydrogens is 235 g/mol. The fourth-order valence-electron chi connectivity index (χ4n) is 1.86. The zero-order valence-corrected chi connectivity index (χ0v) is 9.08. The first kappa shape index (κ1) is 11.3. The second-order valence-corrected chi connectivity index (χ2v) is 4.64. The minimum absolute atomic E-state index is 0.270. The minimum atomic E-state index is -4.44. The molecule has 0 aromatic heterocycles. The first-order valence-corrected chi connectivity index (χ1v) is 5.89. The highest BCUT2D eigenvalue weighted by Crippen LogP contribution is 2.39. The van der Waals surface area contributed by atoms with Crippen LogP contribution in [0.15, 0.2) is 12.1 Å². The zero-order chi connectivity index (χ0) is 11.8. The maximum Gasteiger partial charge on any atom is 0.417 e. The molecule has 5 heteroatoms. The van der Waals surface area contributed by atoms with Crippen molar-refractivity contribution in [2.45, 2.75) is 18.3 Å². The number of nitrogens with zero attached hydrogens (tertiary/aromatic N) is 1. The number of halogens is 3. The van der Waals surface area contributed by atoms with Gasteiger partial charge in [0.25, 0.3) is 0 Å². The van der Waals surface area contributed by atoms with E-state index in [0.717, 1.165) is 11.3 Å². The molecule has 2 rings (SSSR count). The SMILES string of the molecule is N#Cc1ccc2c(c1C(F)(F)F)CSCC2. The second kappa shape index (κ2) is 4.02. The molecule has 1 aliphatic heterocycles. The van der Waals surface area contributed by atoms with Crippen LogP contribution in [0.1, 0.15) is 22.3 Å². The average Bonchev–Trinajstić information content (AvgIpc) is 2.26. The summed E-state index contributed by atoms with van der Waals surface area (Å²) >= 11 is 1.48. The Morgan fingerprint density at radius 2 is 2.06 bits per heavy atom. The Balaban J connectivity index is 2.67. The van der Waals surface area contributed by atoms with Crippen molar-refractivity contribution in [3.63, 3.8) is 0 Å². The van der Waals surface area contributed by atoms with Crippen LogP contribution >= 0.6 is 11.8 Å². The highest BCUT2D eigenvalue weighted by Gasteiger charge is 2.37. The lowest BCUT2D eigenvalue weighted by Crippen LogP contribution is -2.16. The summed E-state index contributed by atoms with van der Waals surface area (Å²) in [5, 5.41) is 8.73. The lowest BCUT2D eigenvalue weighted by atomic mass is 9.95. The van der Waals surface area contributed by atoms with Crippen LogP contribution in [0.2, 0.25) is 0 Å². The Hall–Kier alpha value is -1.15. The van der Waals surface area contributed by atoms with Crippen molar-refractivity contribution in [1.29, 1.82) is 5.26 Å². The van der Waals surface area contributed by atoms with E-state index in [4.69, 9.17) is 5.26 Å². The van der Waals surface area contributed by atoms with Gasteiger partial charge >= 0.3 is 6.18 Å². The van der Waals surface area contributed by atoms with Gasteiger partial charge in [-0.2, -0.15) is 30.2 Å². The first-order valence-electron chi connectivity index (χ1n) is 4.74. The summed E-state index contributed by atoms with van der Waals surface area (Å²) in [5.74, 6) is 1.19. The van der Waals surface area contributed by atoms with Gasteiger partial charge in [-0.15, -0.1) is 0 Å².